The van der Waals surface area contributed by atoms with Gasteiger partial charge in [0.15, 0.2) is 0 Å². The van der Waals surface area contributed by atoms with E-state index in [1.807, 2.05) is 30.3 Å². The molecule has 1 atom stereocenters. The van der Waals surface area contributed by atoms with Gasteiger partial charge in [-0.25, -0.2) is 4.79 Å². The van der Waals surface area contributed by atoms with Crippen LogP contribution in [0.4, 0.5) is 4.79 Å². The molecule has 0 aliphatic carbocycles. The predicted octanol–water partition coefficient (Wildman–Crippen LogP) is 1.43. The average molecular weight is 218 g/mol. The number of hydrogen-bond donors (Lipinski definition) is 0. The van der Waals surface area contributed by atoms with Crippen molar-refractivity contribution in [2.75, 3.05) is 14.1 Å². The van der Waals surface area contributed by atoms with Gasteiger partial charge in [-0.3, -0.25) is 9.69 Å². The minimum absolute atomic E-state index is 0.189. The molecule has 4 nitrogen and oxygen atoms in total. The van der Waals surface area contributed by atoms with E-state index >= 15 is 0 Å². The van der Waals surface area contributed by atoms with Crippen molar-refractivity contribution >= 4 is 11.9 Å². The molecular formula is C12H14N2O2. The van der Waals surface area contributed by atoms with Crippen molar-refractivity contribution in [1.29, 1.82) is 0 Å². The van der Waals surface area contributed by atoms with E-state index in [2.05, 4.69) is 0 Å². The first kappa shape index (κ1) is 10.7. The minimum Gasteiger partial charge on any atom is -0.309 e. The molecule has 1 saturated heterocycles. The van der Waals surface area contributed by atoms with Crippen molar-refractivity contribution in [1.82, 2.24) is 9.80 Å². The van der Waals surface area contributed by atoms with Gasteiger partial charge >= 0.3 is 6.03 Å². The fraction of sp³-hybridized carbons (Fsp3) is 0.333. The van der Waals surface area contributed by atoms with Gasteiger partial charge in [-0.1, -0.05) is 30.3 Å². The van der Waals surface area contributed by atoms with E-state index in [9.17, 15) is 9.59 Å². The lowest BCUT2D eigenvalue weighted by atomic mass is 9.91. The number of likely N-dealkylation sites (N-methyl/N-ethyl adjacent to an activating group) is 2. The van der Waals surface area contributed by atoms with E-state index < -0.39 is 5.54 Å². The lowest BCUT2D eigenvalue weighted by Crippen LogP contribution is -2.41. The Bertz CT molecular complexity index is 444. The number of carbonyl (C=O) groups is 2. The molecule has 0 aromatic heterocycles. The molecule has 0 N–H and O–H groups in total. The third kappa shape index (κ3) is 1.16. The summed E-state index contributed by atoms with van der Waals surface area (Å²) in [5.74, 6) is -0.189. The fourth-order valence-corrected chi connectivity index (χ4v) is 2.05. The molecule has 1 heterocycles. The van der Waals surface area contributed by atoms with Gasteiger partial charge in [0, 0.05) is 14.1 Å². The summed E-state index contributed by atoms with van der Waals surface area (Å²) in [6.07, 6.45) is 0. The summed E-state index contributed by atoms with van der Waals surface area (Å²) < 4.78 is 0. The number of hydrogen-bond acceptors (Lipinski definition) is 2. The number of imide groups is 1. The molecule has 0 radical (unpaired) electrons. The van der Waals surface area contributed by atoms with Crippen LogP contribution in [-0.2, 0) is 10.3 Å². The number of nitrogens with zero attached hydrogens (tertiary/aromatic N) is 2. The maximum atomic E-state index is 12.1. The van der Waals surface area contributed by atoms with Gasteiger partial charge in [-0.05, 0) is 12.5 Å². The Balaban J connectivity index is 2.54. The van der Waals surface area contributed by atoms with E-state index in [-0.39, 0.29) is 11.9 Å². The Labute approximate surface area is 94.5 Å². The fourth-order valence-electron chi connectivity index (χ4n) is 2.05. The van der Waals surface area contributed by atoms with Gasteiger partial charge in [0.1, 0.15) is 5.54 Å². The van der Waals surface area contributed by atoms with E-state index in [1.165, 1.54) is 11.9 Å². The molecule has 1 fully saturated rings. The van der Waals surface area contributed by atoms with Crippen molar-refractivity contribution in [2.45, 2.75) is 12.5 Å². The average Bonchev–Trinajstić information content (AvgIpc) is 2.47. The first-order valence-electron chi connectivity index (χ1n) is 5.11. The second-order valence-corrected chi connectivity index (χ2v) is 4.14. The second kappa shape index (κ2) is 3.33. The molecule has 2 rings (SSSR count). The smallest absolute Gasteiger partial charge is 0.309 e. The molecule has 1 aromatic carbocycles. The summed E-state index contributed by atoms with van der Waals surface area (Å²) in [4.78, 5) is 26.5. The summed E-state index contributed by atoms with van der Waals surface area (Å²) in [5, 5.41) is 0. The molecule has 84 valence electrons. The second-order valence-electron chi connectivity index (χ2n) is 4.14. The minimum atomic E-state index is -0.882. The molecule has 1 aliphatic heterocycles. The first-order valence-corrected chi connectivity index (χ1v) is 5.11. The lowest BCUT2D eigenvalue weighted by molar-refractivity contribution is -0.131. The maximum Gasteiger partial charge on any atom is 0.327 e. The van der Waals surface area contributed by atoms with Crippen LogP contribution >= 0.6 is 0 Å². The molecule has 1 aliphatic rings. The summed E-state index contributed by atoms with van der Waals surface area (Å²) in [7, 11) is 3.16. The van der Waals surface area contributed by atoms with Crippen molar-refractivity contribution in [2.24, 2.45) is 0 Å². The molecule has 0 saturated carbocycles. The van der Waals surface area contributed by atoms with Crippen LogP contribution in [0.1, 0.15) is 12.5 Å². The van der Waals surface area contributed by atoms with Crippen LogP contribution in [0.15, 0.2) is 30.3 Å². The van der Waals surface area contributed by atoms with Gasteiger partial charge in [0.2, 0.25) is 0 Å². The molecule has 16 heavy (non-hydrogen) atoms. The van der Waals surface area contributed by atoms with Crippen molar-refractivity contribution < 1.29 is 9.59 Å². The quantitative estimate of drug-likeness (QED) is 0.669. The molecule has 4 heteroatoms. The highest BCUT2D eigenvalue weighted by Crippen LogP contribution is 2.34. The normalized spacial score (nSPS) is 25.4. The standard InChI is InChI=1S/C12H14N2O2/c1-12(9-7-5-4-6-8-9)10(15)13(2)11(16)14(12)3/h4-8H,1-3H3/t12-/m0/s1. The first-order chi connectivity index (χ1) is 7.49. The van der Waals surface area contributed by atoms with Crippen LogP contribution < -0.4 is 0 Å². The van der Waals surface area contributed by atoms with Gasteiger partial charge in [0.25, 0.3) is 5.91 Å². The molecule has 1 aromatic rings. The van der Waals surface area contributed by atoms with Crippen LogP contribution in [0.2, 0.25) is 0 Å². The Hall–Kier alpha value is -1.84. The molecular weight excluding hydrogens is 204 g/mol. The maximum absolute atomic E-state index is 12.1. The summed E-state index contributed by atoms with van der Waals surface area (Å²) >= 11 is 0. The van der Waals surface area contributed by atoms with E-state index in [4.69, 9.17) is 0 Å². The molecule has 0 unspecified atom stereocenters. The zero-order valence-electron chi connectivity index (χ0n) is 9.60. The Morgan fingerprint density at radius 3 is 2.06 bits per heavy atom. The van der Waals surface area contributed by atoms with Crippen LogP contribution in [0, 0.1) is 0 Å². The van der Waals surface area contributed by atoms with Crippen LogP contribution in [-0.4, -0.2) is 35.8 Å². The highest BCUT2D eigenvalue weighted by atomic mass is 16.2. The van der Waals surface area contributed by atoms with E-state index in [0.717, 1.165) is 10.5 Å². The molecule has 3 amide bonds. The number of urea groups is 1. The zero-order valence-corrected chi connectivity index (χ0v) is 9.60. The molecule has 0 bridgehead atoms. The third-order valence-electron chi connectivity index (χ3n) is 3.30. The number of rotatable bonds is 1. The van der Waals surface area contributed by atoms with Crippen molar-refractivity contribution in [3.05, 3.63) is 35.9 Å². The van der Waals surface area contributed by atoms with Crippen LogP contribution in [0.3, 0.4) is 0 Å². The van der Waals surface area contributed by atoms with Crippen molar-refractivity contribution in [3.63, 3.8) is 0 Å². The highest BCUT2D eigenvalue weighted by molar-refractivity contribution is 6.06. The number of amides is 3. The Morgan fingerprint density at radius 2 is 1.62 bits per heavy atom. The van der Waals surface area contributed by atoms with Gasteiger partial charge in [0.05, 0.1) is 0 Å². The largest absolute Gasteiger partial charge is 0.327 e. The summed E-state index contributed by atoms with van der Waals surface area (Å²) in [5.41, 5.74) is -0.0483. The predicted molar refractivity (Wildman–Crippen MR) is 59.7 cm³/mol. The number of benzene rings is 1. The van der Waals surface area contributed by atoms with Crippen LogP contribution in [0.25, 0.3) is 0 Å². The highest BCUT2D eigenvalue weighted by Gasteiger charge is 2.51. The van der Waals surface area contributed by atoms with Crippen molar-refractivity contribution in [3.8, 4) is 0 Å². The van der Waals surface area contributed by atoms with E-state index in [0.29, 0.717) is 0 Å². The van der Waals surface area contributed by atoms with E-state index in [1.54, 1.807) is 14.0 Å². The lowest BCUT2D eigenvalue weighted by Gasteiger charge is -2.28. The monoisotopic (exact) mass is 218 g/mol. The Morgan fingerprint density at radius 1 is 1.06 bits per heavy atom. The van der Waals surface area contributed by atoms with Gasteiger partial charge in [-0.2, -0.15) is 0 Å². The number of carbonyl (C=O) groups excluding carboxylic acids is 2. The third-order valence-corrected chi connectivity index (χ3v) is 3.30. The summed E-state index contributed by atoms with van der Waals surface area (Å²) in [6, 6.07) is 9.07. The Kier molecular flexibility index (Phi) is 2.22. The SMILES string of the molecule is CN1C(=O)N(C)[C@@](C)(c2ccccc2)C1=O. The zero-order chi connectivity index (χ0) is 11.9. The molecule has 0 spiro atoms. The van der Waals surface area contributed by atoms with Gasteiger partial charge in [-0.15, -0.1) is 0 Å². The van der Waals surface area contributed by atoms with Crippen LogP contribution in [0.5, 0.6) is 0 Å². The summed E-state index contributed by atoms with van der Waals surface area (Å²) in [6.45, 7) is 1.77. The van der Waals surface area contributed by atoms with Gasteiger partial charge < -0.3 is 4.90 Å². The topological polar surface area (TPSA) is 40.6 Å².